The van der Waals surface area contributed by atoms with Gasteiger partial charge in [-0.05, 0) is 35.4 Å². The van der Waals surface area contributed by atoms with Crippen molar-refractivity contribution in [3.63, 3.8) is 0 Å². The topological polar surface area (TPSA) is 38.3 Å². The van der Waals surface area contributed by atoms with Crippen LogP contribution in [-0.2, 0) is 11.3 Å². The second-order valence-corrected chi connectivity index (χ2v) is 5.66. The van der Waals surface area contributed by atoms with E-state index in [1.807, 2.05) is 48.5 Å². The molecule has 0 unspecified atom stereocenters. The van der Waals surface area contributed by atoms with Crippen molar-refractivity contribution >= 4 is 23.6 Å². The molecule has 1 heterocycles. The summed E-state index contributed by atoms with van der Waals surface area (Å²) < 4.78 is 5.64. The first-order valence-electron chi connectivity index (χ1n) is 7.33. The number of hydrogen-bond acceptors (Lipinski definition) is 2. The van der Waals surface area contributed by atoms with Gasteiger partial charge in [0, 0.05) is 23.2 Å². The Bertz CT molecular complexity index is 766. The highest BCUT2D eigenvalue weighted by molar-refractivity contribution is 6.30. The lowest BCUT2D eigenvalue weighted by Crippen LogP contribution is -2.20. The maximum absolute atomic E-state index is 11.9. The lowest BCUT2D eigenvalue weighted by molar-refractivity contribution is -0.116. The Labute approximate surface area is 140 Å². The number of ether oxygens (including phenoxy) is 1. The number of hydrogen-bond donors (Lipinski definition) is 1. The smallest absolute Gasteiger partial charge is 0.244 e. The second-order valence-electron chi connectivity index (χ2n) is 5.23. The normalized spacial score (nSPS) is 13.2. The molecule has 3 rings (SSSR count). The SMILES string of the molecule is O=C(/C=C/C1=Cc2cc(Cl)ccc2OC1)NCc1ccccc1. The third-order valence-electron chi connectivity index (χ3n) is 3.47. The fraction of sp³-hybridized carbons (Fsp3) is 0.105. The average Bonchev–Trinajstić information content (AvgIpc) is 2.58. The predicted octanol–water partition coefficient (Wildman–Crippen LogP) is 3.99. The molecule has 1 aliphatic heterocycles. The molecule has 23 heavy (non-hydrogen) atoms. The number of benzene rings is 2. The minimum absolute atomic E-state index is 0.133. The number of rotatable bonds is 4. The van der Waals surface area contributed by atoms with Crippen LogP contribution in [0.2, 0.25) is 5.02 Å². The summed E-state index contributed by atoms with van der Waals surface area (Å²) in [6.07, 6.45) is 5.27. The van der Waals surface area contributed by atoms with Gasteiger partial charge in [-0.25, -0.2) is 0 Å². The molecule has 0 atom stereocenters. The van der Waals surface area contributed by atoms with Crippen molar-refractivity contribution in [3.05, 3.63) is 82.4 Å². The number of halogens is 1. The van der Waals surface area contributed by atoms with Crippen LogP contribution in [0, 0.1) is 0 Å². The summed E-state index contributed by atoms with van der Waals surface area (Å²) in [6.45, 7) is 0.953. The minimum Gasteiger partial charge on any atom is -0.488 e. The van der Waals surface area contributed by atoms with Crippen molar-refractivity contribution in [1.29, 1.82) is 0 Å². The summed E-state index contributed by atoms with van der Waals surface area (Å²) in [4.78, 5) is 11.9. The number of fused-ring (bicyclic) bond motifs is 1. The largest absolute Gasteiger partial charge is 0.488 e. The molecule has 2 aromatic rings. The van der Waals surface area contributed by atoms with Gasteiger partial charge in [-0.2, -0.15) is 0 Å². The molecule has 0 aliphatic carbocycles. The third-order valence-corrected chi connectivity index (χ3v) is 3.70. The Kier molecular flexibility index (Phi) is 4.79. The molecule has 0 saturated carbocycles. The van der Waals surface area contributed by atoms with Crippen LogP contribution in [0.4, 0.5) is 0 Å². The first-order valence-corrected chi connectivity index (χ1v) is 7.71. The molecule has 1 amide bonds. The molecule has 1 N–H and O–H groups in total. The first-order chi connectivity index (χ1) is 11.2. The van der Waals surface area contributed by atoms with E-state index in [1.54, 1.807) is 12.1 Å². The zero-order valence-electron chi connectivity index (χ0n) is 12.5. The molecule has 116 valence electrons. The van der Waals surface area contributed by atoms with E-state index in [4.69, 9.17) is 16.3 Å². The van der Waals surface area contributed by atoms with Gasteiger partial charge in [0.25, 0.3) is 0 Å². The van der Waals surface area contributed by atoms with Gasteiger partial charge in [0.1, 0.15) is 12.4 Å². The molecule has 0 spiro atoms. The first kappa shape index (κ1) is 15.4. The van der Waals surface area contributed by atoms with Crippen molar-refractivity contribution < 1.29 is 9.53 Å². The highest BCUT2D eigenvalue weighted by Gasteiger charge is 2.10. The molecule has 3 nitrogen and oxygen atoms in total. The fourth-order valence-electron chi connectivity index (χ4n) is 2.29. The Hall–Kier alpha value is -2.52. The molecule has 4 heteroatoms. The molecule has 2 aromatic carbocycles. The Morgan fingerprint density at radius 2 is 2.04 bits per heavy atom. The van der Waals surface area contributed by atoms with Crippen molar-refractivity contribution in [1.82, 2.24) is 5.32 Å². The van der Waals surface area contributed by atoms with Gasteiger partial charge < -0.3 is 10.1 Å². The summed E-state index contributed by atoms with van der Waals surface area (Å²) in [6, 6.07) is 15.3. The lowest BCUT2D eigenvalue weighted by atomic mass is 10.1. The Morgan fingerprint density at radius 3 is 2.87 bits per heavy atom. The molecule has 0 aromatic heterocycles. The van der Waals surface area contributed by atoms with Crippen LogP contribution in [0.15, 0.2) is 66.3 Å². The van der Waals surface area contributed by atoms with Crippen LogP contribution < -0.4 is 10.1 Å². The van der Waals surface area contributed by atoms with Crippen LogP contribution in [0.3, 0.4) is 0 Å². The van der Waals surface area contributed by atoms with Gasteiger partial charge in [-0.3, -0.25) is 4.79 Å². The van der Waals surface area contributed by atoms with E-state index in [-0.39, 0.29) is 5.91 Å². The van der Waals surface area contributed by atoms with Crippen molar-refractivity contribution in [2.75, 3.05) is 6.61 Å². The predicted molar refractivity (Wildman–Crippen MR) is 92.4 cm³/mol. The number of carbonyl (C=O) groups is 1. The summed E-state index contributed by atoms with van der Waals surface area (Å²) in [5.74, 6) is 0.673. The summed E-state index contributed by atoms with van der Waals surface area (Å²) in [5, 5.41) is 3.51. The summed E-state index contributed by atoms with van der Waals surface area (Å²) >= 11 is 5.98. The molecule has 1 aliphatic rings. The molecular weight excluding hydrogens is 310 g/mol. The van der Waals surface area contributed by atoms with Crippen LogP contribution >= 0.6 is 11.6 Å². The second kappa shape index (κ2) is 7.16. The lowest BCUT2D eigenvalue weighted by Gasteiger charge is -2.16. The van der Waals surface area contributed by atoms with E-state index in [1.165, 1.54) is 6.08 Å². The fourth-order valence-corrected chi connectivity index (χ4v) is 2.47. The van der Waals surface area contributed by atoms with Crippen molar-refractivity contribution in [3.8, 4) is 5.75 Å². The third kappa shape index (κ3) is 4.24. The highest BCUT2D eigenvalue weighted by Crippen LogP contribution is 2.29. The van der Waals surface area contributed by atoms with Gasteiger partial charge in [0.15, 0.2) is 0 Å². The average molecular weight is 326 g/mol. The molecule has 0 bridgehead atoms. The van der Waals surface area contributed by atoms with Crippen LogP contribution in [-0.4, -0.2) is 12.5 Å². The Morgan fingerprint density at radius 1 is 1.22 bits per heavy atom. The highest BCUT2D eigenvalue weighted by atomic mass is 35.5. The zero-order chi connectivity index (χ0) is 16.1. The minimum atomic E-state index is -0.133. The van der Waals surface area contributed by atoms with Gasteiger partial charge >= 0.3 is 0 Å². The van der Waals surface area contributed by atoms with E-state index >= 15 is 0 Å². The number of nitrogens with one attached hydrogen (secondary N) is 1. The van der Waals surface area contributed by atoms with Crippen molar-refractivity contribution in [2.45, 2.75) is 6.54 Å². The zero-order valence-corrected chi connectivity index (χ0v) is 13.2. The van der Waals surface area contributed by atoms with Crippen molar-refractivity contribution in [2.24, 2.45) is 0 Å². The van der Waals surface area contributed by atoms with Gasteiger partial charge in [0.05, 0.1) is 0 Å². The molecular formula is C19H16ClNO2. The number of amides is 1. The van der Waals surface area contributed by atoms with E-state index in [2.05, 4.69) is 5.32 Å². The number of carbonyl (C=O) groups excluding carboxylic acids is 1. The van der Waals surface area contributed by atoms with Crippen LogP contribution in [0.25, 0.3) is 6.08 Å². The molecule has 0 fully saturated rings. The van der Waals surface area contributed by atoms with E-state index < -0.39 is 0 Å². The van der Waals surface area contributed by atoms with Gasteiger partial charge in [-0.1, -0.05) is 48.0 Å². The molecule has 0 saturated heterocycles. The maximum atomic E-state index is 11.9. The van der Waals surface area contributed by atoms with E-state index in [0.29, 0.717) is 18.2 Å². The van der Waals surface area contributed by atoms with E-state index in [0.717, 1.165) is 22.4 Å². The summed E-state index contributed by atoms with van der Waals surface area (Å²) in [5.41, 5.74) is 2.92. The quantitative estimate of drug-likeness (QED) is 0.863. The summed E-state index contributed by atoms with van der Waals surface area (Å²) in [7, 11) is 0. The van der Waals surface area contributed by atoms with E-state index in [9.17, 15) is 4.79 Å². The van der Waals surface area contributed by atoms with Crippen LogP contribution in [0.5, 0.6) is 5.75 Å². The van der Waals surface area contributed by atoms with Crippen LogP contribution in [0.1, 0.15) is 11.1 Å². The maximum Gasteiger partial charge on any atom is 0.244 e. The Balaban J connectivity index is 1.60. The molecule has 0 radical (unpaired) electrons. The standard InChI is InChI=1S/C19H16ClNO2/c20-17-7-8-18-16(11-17)10-15(13-23-18)6-9-19(22)21-12-14-4-2-1-3-5-14/h1-11H,12-13H2,(H,21,22)/b9-6+. The monoisotopic (exact) mass is 325 g/mol. The van der Waals surface area contributed by atoms with Gasteiger partial charge in [0.2, 0.25) is 5.91 Å². The van der Waals surface area contributed by atoms with Gasteiger partial charge in [-0.15, -0.1) is 0 Å².